The minimum Gasteiger partial charge on any atom is -0.479 e. The van der Waals surface area contributed by atoms with Crippen LogP contribution in [-0.4, -0.2) is 35.3 Å². The highest BCUT2D eigenvalue weighted by molar-refractivity contribution is 7.14. The highest BCUT2D eigenvalue weighted by Crippen LogP contribution is 2.36. The third-order valence-corrected chi connectivity index (χ3v) is 7.88. The number of rotatable bonds is 5. The molecule has 32 heavy (non-hydrogen) atoms. The standard InChI is InChI=1S/C24H32BNO5S/c1-21(2,3)18-14-13-17(32-18)19(27)26-24(8,20(28)29)15-9-11-16(12-10-15)25-30-22(4,5)23(6,7)31-25/h9-14H,1-8H3,(H,26,27)(H,28,29). The molecule has 6 nitrogen and oxygen atoms in total. The predicted molar refractivity (Wildman–Crippen MR) is 128 cm³/mol. The van der Waals surface area contributed by atoms with Crippen LogP contribution in [0.2, 0.25) is 0 Å². The molecule has 0 saturated carbocycles. The number of nitrogens with one attached hydrogen (secondary N) is 1. The number of aliphatic carboxylic acids is 1. The van der Waals surface area contributed by atoms with E-state index in [0.717, 1.165) is 10.3 Å². The molecular formula is C24H32BNO5S. The van der Waals surface area contributed by atoms with E-state index in [4.69, 9.17) is 9.31 Å². The molecule has 0 aliphatic carbocycles. The molecule has 2 heterocycles. The van der Waals surface area contributed by atoms with E-state index in [1.807, 2.05) is 33.8 Å². The monoisotopic (exact) mass is 457 g/mol. The molecule has 1 amide bonds. The van der Waals surface area contributed by atoms with Crippen LogP contribution in [-0.2, 0) is 25.1 Å². The van der Waals surface area contributed by atoms with Crippen molar-refractivity contribution in [3.8, 4) is 0 Å². The Morgan fingerprint density at radius 2 is 1.47 bits per heavy atom. The maximum atomic E-state index is 12.9. The first-order valence-corrected chi connectivity index (χ1v) is 11.5. The van der Waals surface area contributed by atoms with Crippen molar-refractivity contribution in [3.63, 3.8) is 0 Å². The summed E-state index contributed by atoms with van der Waals surface area (Å²) in [4.78, 5) is 26.6. The number of carboxylic acid groups (broad SMARTS) is 1. The number of hydrogen-bond acceptors (Lipinski definition) is 5. The fourth-order valence-corrected chi connectivity index (χ4v) is 4.31. The molecule has 0 radical (unpaired) electrons. The van der Waals surface area contributed by atoms with Gasteiger partial charge >= 0.3 is 13.1 Å². The lowest BCUT2D eigenvalue weighted by Crippen LogP contribution is -2.49. The van der Waals surface area contributed by atoms with Gasteiger partial charge in [0.1, 0.15) is 0 Å². The zero-order chi connectivity index (χ0) is 24.1. The highest BCUT2D eigenvalue weighted by atomic mass is 32.1. The average molecular weight is 457 g/mol. The molecule has 8 heteroatoms. The zero-order valence-corrected chi connectivity index (χ0v) is 20.8. The number of amides is 1. The van der Waals surface area contributed by atoms with E-state index in [9.17, 15) is 14.7 Å². The number of carbonyl (C=O) groups excluding carboxylic acids is 1. The van der Waals surface area contributed by atoms with E-state index in [-0.39, 0.29) is 5.41 Å². The van der Waals surface area contributed by atoms with Gasteiger partial charge in [-0.25, -0.2) is 4.79 Å². The zero-order valence-electron chi connectivity index (χ0n) is 20.0. The minimum atomic E-state index is -1.59. The number of benzene rings is 1. The van der Waals surface area contributed by atoms with Gasteiger partial charge in [0.15, 0.2) is 5.54 Å². The summed E-state index contributed by atoms with van der Waals surface area (Å²) in [6.07, 6.45) is 0. The molecule has 1 aliphatic heterocycles. The topological polar surface area (TPSA) is 84.9 Å². The first kappa shape index (κ1) is 24.5. The molecule has 0 spiro atoms. The molecule has 1 atom stereocenters. The van der Waals surface area contributed by atoms with Crippen molar-refractivity contribution >= 4 is 35.8 Å². The van der Waals surface area contributed by atoms with Crippen LogP contribution in [0.3, 0.4) is 0 Å². The summed E-state index contributed by atoms with van der Waals surface area (Å²) in [6, 6.07) is 10.6. The van der Waals surface area contributed by atoms with Gasteiger partial charge < -0.3 is 19.7 Å². The van der Waals surface area contributed by atoms with Crippen LogP contribution >= 0.6 is 11.3 Å². The van der Waals surface area contributed by atoms with Crippen LogP contribution < -0.4 is 10.8 Å². The first-order chi connectivity index (χ1) is 14.6. The molecule has 172 valence electrons. The van der Waals surface area contributed by atoms with Gasteiger partial charge in [0.05, 0.1) is 16.1 Å². The Labute approximate surface area is 194 Å². The van der Waals surface area contributed by atoms with Crippen molar-refractivity contribution in [1.82, 2.24) is 5.32 Å². The van der Waals surface area contributed by atoms with Gasteiger partial charge in [-0.1, -0.05) is 45.0 Å². The molecule has 1 aromatic heterocycles. The van der Waals surface area contributed by atoms with Crippen molar-refractivity contribution in [2.24, 2.45) is 0 Å². The number of thiophene rings is 1. The lowest BCUT2D eigenvalue weighted by molar-refractivity contribution is -0.144. The Bertz CT molecular complexity index is 1010. The molecule has 3 rings (SSSR count). The number of carbonyl (C=O) groups is 2. The Balaban J connectivity index is 1.83. The second kappa shape index (κ2) is 8.01. The van der Waals surface area contributed by atoms with E-state index in [0.29, 0.717) is 10.4 Å². The molecule has 0 bridgehead atoms. The average Bonchev–Trinajstić information content (AvgIpc) is 3.25. The van der Waals surface area contributed by atoms with Gasteiger partial charge in [0, 0.05) is 4.88 Å². The Morgan fingerprint density at radius 3 is 1.91 bits per heavy atom. The van der Waals surface area contributed by atoms with Crippen LogP contribution in [0.25, 0.3) is 0 Å². The lowest BCUT2D eigenvalue weighted by atomic mass is 9.77. The van der Waals surface area contributed by atoms with Crippen LogP contribution in [0.15, 0.2) is 36.4 Å². The van der Waals surface area contributed by atoms with E-state index < -0.39 is 35.7 Å². The minimum absolute atomic E-state index is 0.0807. The highest BCUT2D eigenvalue weighted by Gasteiger charge is 2.51. The van der Waals surface area contributed by atoms with E-state index in [1.54, 1.807) is 30.3 Å². The molecule has 2 aromatic rings. The summed E-state index contributed by atoms with van der Waals surface area (Å²) in [7, 11) is -0.540. The smallest absolute Gasteiger partial charge is 0.479 e. The maximum Gasteiger partial charge on any atom is 0.494 e. The molecule has 1 aromatic carbocycles. The number of carboxylic acids is 1. The normalized spacial score (nSPS) is 19.4. The van der Waals surface area contributed by atoms with Crippen molar-refractivity contribution in [2.45, 2.75) is 77.5 Å². The Morgan fingerprint density at radius 1 is 0.938 bits per heavy atom. The maximum absolute atomic E-state index is 12.9. The van der Waals surface area contributed by atoms with Gasteiger partial charge in [0.2, 0.25) is 0 Å². The second-order valence-electron chi connectivity index (χ2n) is 10.5. The summed E-state index contributed by atoms with van der Waals surface area (Å²) in [5.74, 6) is -1.55. The summed E-state index contributed by atoms with van der Waals surface area (Å²) in [6.45, 7) is 15.6. The summed E-state index contributed by atoms with van der Waals surface area (Å²) in [5, 5.41) is 12.7. The fourth-order valence-electron chi connectivity index (χ4n) is 3.35. The third-order valence-electron chi connectivity index (χ3n) is 6.37. The summed E-state index contributed by atoms with van der Waals surface area (Å²) in [5.41, 5.74) is -1.34. The van der Waals surface area contributed by atoms with E-state index >= 15 is 0 Å². The quantitative estimate of drug-likeness (QED) is 0.662. The predicted octanol–water partition coefficient (Wildman–Crippen LogP) is 4.07. The number of hydrogen-bond donors (Lipinski definition) is 2. The van der Waals surface area contributed by atoms with Gasteiger partial charge in [-0.15, -0.1) is 11.3 Å². The third kappa shape index (κ3) is 4.49. The van der Waals surface area contributed by atoms with Crippen LogP contribution in [0.5, 0.6) is 0 Å². The van der Waals surface area contributed by atoms with Crippen molar-refractivity contribution in [2.75, 3.05) is 0 Å². The second-order valence-corrected chi connectivity index (χ2v) is 11.6. The molecule has 2 N–H and O–H groups in total. The van der Waals surface area contributed by atoms with Gasteiger partial charge in [0.25, 0.3) is 5.91 Å². The van der Waals surface area contributed by atoms with Gasteiger partial charge in [-0.2, -0.15) is 0 Å². The van der Waals surface area contributed by atoms with Crippen molar-refractivity contribution in [1.29, 1.82) is 0 Å². The van der Waals surface area contributed by atoms with E-state index in [1.165, 1.54) is 18.3 Å². The fraction of sp³-hybridized carbons (Fsp3) is 0.500. The van der Waals surface area contributed by atoms with Crippen LogP contribution in [0.1, 0.15) is 75.5 Å². The SMILES string of the molecule is CC(C)(C)c1ccc(C(=O)NC(C)(C(=O)O)c2ccc(B3OC(C)(C)C(C)(C)O3)cc2)s1. The molecular weight excluding hydrogens is 425 g/mol. The van der Waals surface area contributed by atoms with E-state index in [2.05, 4.69) is 26.1 Å². The Hall–Kier alpha value is -2.16. The lowest BCUT2D eigenvalue weighted by Gasteiger charge is -2.32. The molecule has 1 aliphatic rings. The summed E-state index contributed by atoms with van der Waals surface area (Å²) < 4.78 is 12.1. The Kier molecular flexibility index (Phi) is 6.13. The van der Waals surface area contributed by atoms with Gasteiger partial charge in [-0.05, 0) is 63.2 Å². The van der Waals surface area contributed by atoms with Crippen molar-refractivity contribution in [3.05, 3.63) is 51.7 Å². The molecule has 1 unspecified atom stereocenters. The first-order valence-electron chi connectivity index (χ1n) is 10.7. The van der Waals surface area contributed by atoms with Crippen molar-refractivity contribution < 1.29 is 24.0 Å². The van der Waals surface area contributed by atoms with Crippen LogP contribution in [0.4, 0.5) is 0 Å². The molecule has 1 fully saturated rings. The van der Waals surface area contributed by atoms with Gasteiger partial charge in [-0.3, -0.25) is 4.79 Å². The largest absolute Gasteiger partial charge is 0.494 e. The molecule has 1 saturated heterocycles. The summed E-state index contributed by atoms with van der Waals surface area (Å²) >= 11 is 1.38. The van der Waals surface area contributed by atoms with Crippen LogP contribution in [0, 0.1) is 0 Å².